The Hall–Kier alpha value is -4.35. The Balaban J connectivity index is 1.79. The maximum Gasteiger partial charge on any atom is 0.354 e. The fourth-order valence-corrected chi connectivity index (χ4v) is 2.91. The third kappa shape index (κ3) is 5.29. The number of esters is 1. The van der Waals surface area contributed by atoms with Crippen LogP contribution in [0.2, 0.25) is 0 Å². The van der Waals surface area contributed by atoms with Gasteiger partial charge in [0, 0.05) is 12.6 Å². The lowest BCUT2D eigenvalue weighted by molar-refractivity contribution is 0.00683. The van der Waals surface area contributed by atoms with E-state index in [4.69, 9.17) is 10.5 Å². The molecule has 0 aliphatic carbocycles. The van der Waals surface area contributed by atoms with E-state index in [-0.39, 0.29) is 18.0 Å². The lowest BCUT2D eigenvalue weighted by atomic mass is 10.0. The molecule has 0 bridgehead atoms. The molecule has 0 aliphatic rings. The van der Waals surface area contributed by atoms with Crippen molar-refractivity contribution in [3.8, 4) is 0 Å². The first-order valence-corrected chi connectivity index (χ1v) is 9.77. The Morgan fingerprint density at radius 1 is 1.15 bits per heavy atom. The first kappa shape index (κ1) is 23.3. The molecule has 2 amide bonds. The standard InChI is InChI=1S/C21H22N6O6/c1-10-7-11(5-6-12(10)19(32)33-21(2,3)4)9-23-17(29)13-8-14(18(30)31)27-20(24-13)25-16(26-27)15(22)28/h5-8H,9H2,1-4H3,(H2,22,28)(H,23,29)(H,30,31). The predicted octanol–water partition coefficient (Wildman–Crippen LogP) is 1.12. The van der Waals surface area contributed by atoms with Crippen LogP contribution in [0.15, 0.2) is 24.3 Å². The molecule has 1 aromatic carbocycles. The number of nitrogens with one attached hydrogen (secondary N) is 1. The number of aromatic nitrogens is 4. The number of carboxylic acid groups (broad SMARTS) is 1. The van der Waals surface area contributed by atoms with E-state index >= 15 is 0 Å². The average Bonchev–Trinajstić information content (AvgIpc) is 3.14. The smallest absolute Gasteiger partial charge is 0.354 e. The molecule has 4 N–H and O–H groups in total. The first-order valence-electron chi connectivity index (χ1n) is 9.77. The van der Waals surface area contributed by atoms with Crippen LogP contribution in [-0.2, 0) is 11.3 Å². The van der Waals surface area contributed by atoms with Crippen molar-refractivity contribution in [2.45, 2.75) is 39.8 Å². The first-order chi connectivity index (χ1) is 15.4. The Morgan fingerprint density at radius 2 is 1.85 bits per heavy atom. The summed E-state index contributed by atoms with van der Waals surface area (Å²) in [6, 6.07) is 6.03. The fourth-order valence-electron chi connectivity index (χ4n) is 2.91. The largest absolute Gasteiger partial charge is 0.477 e. The molecule has 3 rings (SSSR count). The number of aromatic carboxylic acids is 1. The lowest BCUT2D eigenvalue weighted by Gasteiger charge is -2.20. The van der Waals surface area contributed by atoms with Crippen molar-refractivity contribution in [2.75, 3.05) is 0 Å². The number of fused-ring (bicyclic) bond motifs is 1. The topological polar surface area (TPSA) is 179 Å². The maximum absolute atomic E-state index is 12.6. The molecule has 0 radical (unpaired) electrons. The predicted molar refractivity (Wildman–Crippen MR) is 114 cm³/mol. The molecule has 33 heavy (non-hydrogen) atoms. The van der Waals surface area contributed by atoms with E-state index in [1.807, 2.05) is 0 Å². The monoisotopic (exact) mass is 454 g/mol. The number of hydrogen-bond acceptors (Lipinski definition) is 8. The zero-order valence-electron chi connectivity index (χ0n) is 18.4. The molecule has 12 heteroatoms. The molecule has 0 saturated carbocycles. The second-order valence-corrected chi connectivity index (χ2v) is 8.18. The summed E-state index contributed by atoms with van der Waals surface area (Å²) in [6.45, 7) is 7.17. The van der Waals surface area contributed by atoms with Crippen molar-refractivity contribution in [3.63, 3.8) is 0 Å². The number of primary amides is 1. The number of carbonyl (C=O) groups excluding carboxylic acids is 3. The quantitative estimate of drug-likeness (QED) is 0.460. The van der Waals surface area contributed by atoms with E-state index in [1.165, 1.54) is 0 Å². The highest BCUT2D eigenvalue weighted by Crippen LogP contribution is 2.17. The van der Waals surface area contributed by atoms with Crippen molar-refractivity contribution in [1.29, 1.82) is 0 Å². The minimum Gasteiger partial charge on any atom is -0.477 e. The number of ether oxygens (including phenoxy) is 1. The molecule has 0 aliphatic heterocycles. The highest BCUT2D eigenvalue weighted by molar-refractivity contribution is 5.96. The number of nitrogens with two attached hydrogens (primary N) is 1. The van der Waals surface area contributed by atoms with Crippen LogP contribution in [0.25, 0.3) is 5.78 Å². The lowest BCUT2D eigenvalue weighted by Crippen LogP contribution is -2.26. The molecule has 0 fully saturated rings. The van der Waals surface area contributed by atoms with Gasteiger partial charge in [0.15, 0.2) is 5.69 Å². The average molecular weight is 454 g/mol. The van der Waals surface area contributed by atoms with Gasteiger partial charge in [-0.3, -0.25) is 9.59 Å². The molecule has 0 saturated heterocycles. The van der Waals surface area contributed by atoms with Crippen molar-refractivity contribution in [3.05, 3.63) is 58.2 Å². The molecular weight excluding hydrogens is 432 g/mol. The number of hydrogen-bond donors (Lipinski definition) is 3. The number of nitrogens with zero attached hydrogens (tertiary/aromatic N) is 4. The number of benzene rings is 1. The summed E-state index contributed by atoms with van der Waals surface area (Å²) in [4.78, 5) is 55.5. The summed E-state index contributed by atoms with van der Waals surface area (Å²) in [5, 5.41) is 15.7. The Kier molecular flexibility index (Phi) is 6.11. The van der Waals surface area contributed by atoms with Crippen molar-refractivity contribution in [1.82, 2.24) is 24.9 Å². The van der Waals surface area contributed by atoms with Gasteiger partial charge >= 0.3 is 11.9 Å². The molecule has 0 atom stereocenters. The minimum atomic E-state index is -1.40. The Bertz CT molecular complexity index is 1290. The van der Waals surface area contributed by atoms with Crippen LogP contribution >= 0.6 is 0 Å². The van der Waals surface area contributed by atoms with Crippen molar-refractivity contribution >= 4 is 29.5 Å². The Labute approximate surface area is 187 Å². The summed E-state index contributed by atoms with van der Waals surface area (Å²) < 4.78 is 6.19. The van der Waals surface area contributed by atoms with Gasteiger partial charge in [-0.25, -0.2) is 14.6 Å². The second kappa shape index (κ2) is 8.65. The Morgan fingerprint density at radius 3 is 2.42 bits per heavy atom. The molecule has 0 unspecified atom stereocenters. The van der Waals surface area contributed by atoms with Crippen LogP contribution in [-0.4, -0.2) is 54.0 Å². The van der Waals surface area contributed by atoms with E-state index in [1.54, 1.807) is 45.9 Å². The van der Waals surface area contributed by atoms with Crippen LogP contribution in [0.5, 0.6) is 0 Å². The van der Waals surface area contributed by atoms with Crippen LogP contribution in [0, 0.1) is 6.92 Å². The summed E-state index contributed by atoms with van der Waals surface area (Å²) in [6.07, 6.45) is 0. The van der Waals surface area contributed by atoms with Crippen molar-refractivity contribution < 1.29 is 29.0 Å². The van der Waals surface area contributed by atoms with Gasteiger partial charge in [-0.1, -0.05) is 12.1 Å². The van der Waals surface area contributed by atoms with E-state index < -0.39 is 40.9 Å². The summed E-state index contributed by atoms with van der Waals surface area (Å²) in [5.41, 5.74) is 5.64. The number of carbonyl (C=O) groups is 4. The third-order valence-electron chi connectivity index (χ3n) is 4.35. The third-order valence-corrected chi connectivity index (χ3v) is 4.35. The van der Waals surface area contributed by atoms with Crippen molar-refractivity contribution in [2.24, 2.45) is 5.73 Å². The van der Waals surface area contributed by atoms with Gasteiger partial charge in [0.05, 0.1) is 5.56 Å². The molecule has 0 spiro atoms. The second-order valence-electron chi connectivity index (χ2n) is 8.18. The van der Waals surface area contributed by atoms with Crippen LogP contribution in [0.4, 0.5) is 0 Å². The van der Waals surface area contributed by atoms with Gasteiger partial charge in [0.1, 0.15) is 11.3 Å². The number of carboxylic acids is 1. The zero-order chi connectivity index (χ0) is 24.5. The molecule has 172 valence electrons. The van der Waals surface area contributed by atoms with Crippen LogP contribution in [0.1, 0.15) is 73.9 Å². The fraction of sp³-hybridized carbons (Fsp3) is 0.286. The van der Waals surface area contributed by atoms with Gasteiger partial charge in [0.25, 0.3) is 17.6 Å². The molecule has 3 aromatic rings. The maximum atomic E-state index is 12.6. The SMILES string of the molecule is Cc1cc(CNC(=O)c2cc(C(=O)O)n3nc(C(N)=O)nc3n2)ccc1C(=O)OC(C)(C)C. The van der Waals surface area contributed by atoms with Gasteiger partial charge in [-0.15, -0.1) is 5.10 Å². The van der Waals surface area contributed by atoms with Crippen LogP contribution < -0.4 is 11.1 Å². The summed E-state index contributed by atoms with van der Waals surface area (Å²) in [5.74, 6) is -4.16. The van der Waals surface area contributed by atoms with Gasteiger partial charge in [-0.2, -0.15) is 9.50 Å². The highest BCUT2D eigenvalue weighted by Gasteiger charge is 2.21. The summed E-state index contributed by atoms with van der Waals surface area (Å²) >= 11 is 0. The number of aryl methyl sites for hydroxylation is 1. The molecule has 12 nitrogen and oxygen atoms in total. The van der Waals surface area contributed by atoms with E-state index in [0.717, 1.165) is 10.6 Å². The van der Waals surface area contributed by atoms with Crippen LogP contribution in [0.3, 0.4) is 0 Å². The van der Waals surface area contributed by atoms with E-state index in [2.05, 4.69) is 20.4 Å². The normalized spacial score (nSPS) is 11.3. The number of amides is 2. The highest BCUT2D eigenvalue weighted by atomic mass is 16.6. The van der Waals surface area contributed by atoms with Gasteiger partial charge in [0.2, 0.25) is 5.82 Å². The van der Waals surface area contributed by atoms with E-state index in [9.17, 15) is 24.3 Å². The van der Waals surface area contributed by atoms with Gasteiger partial charge in [-0.05, 0) is 44.9 Å². The van der Waals surface area contributed by atoms with Gasteiger partial charge < -0.3 is 20.9 Å². The molecule has 2 heterocycles. The minimum absolute atomic E-state index is 0.0861. The molecular formula is C21H22N6O6. The molecule has 2 aromatic heterocycles. The zero-order valence-corrected chi connectivity index (χ0v) is 18.4. The van der Waals surface area contributed by atoms with E-state index in [0.29, 0.717) is 16.7 Å². The number of rotatable bonds is 6. The summed E-state index contributed by atoms with van der Waals surface area (Å²) in [7, 11) is 0.